The van der Waals surface area contributed by atoms with Crippen LogP contribution in [0.4, 0.5) is 0 Å². The van der Waals surface area contributed by atoms with Crippen molar-refractivity contribution in [2.75, 3.05) is 33.0 Å². The first kappa shape index (κ1) is 48.9. The Labute approximate surface area is 366 Å². The maximum atomic E-state index is 6.67. The molecule has 0 unspecified atom stereocenters. The Morgan fingerprint density at radius 2 is 0.567 bits per heavy atom. The highest BCUT2D eigenvalue weighted by atomic mass is 16.5. The van der Waals surface area contributed by atoms with Gasteiger partial charge in [-0.25, -0.2) is 0 Å². The number of fused-ring (bicyclic) bond motifs is 6. The molecule has 4 aromatic carbocycles. The van der Waals surface area contributed by atoms with Crippen molar-refractivity contribution < 1.29 is 23.7 Å². The molecule has 0 heterocycles. The number of benzene rings is 4. The first-order valence-corrected chi connectivity index (χ1v) is 24.8. The van der Waals surface area contributed by atoms with Crippen LogP contribution in [-0.2, 0) is 0 Å². The lowest BCUT2D eigenvalue weighted by atomic mass is 9.92. The van der Waals surface area contributed by atoms with E-state index in [-0.39, 0.29) is 0 Å². The molecule has 0 radical (unpaired) electrons. The zero-order valence-corrected chi connectivity index (χ0v) is 39.0. The molecule has 4 aromatic rings. The number of unbranched alkanes of at least 4 members (excludes halogenated alkanes) is 18. The standard InChI is InChI=1S/C55H82O5/c1-7-13-19-25-26-32-44-38-45-46(39-51(44)56-33-27-20-14-8-2)48-41-53(58-35-29-22-16-10-4)55(60-37-31-24-18-12-6)43-50(48)49-42-54(59-36-30-23-17-11-5)52(40-47(45)49)57-34-28-21-15-9-3/h38-43H,7-25,27-31,33-37H2,1-6H3. The maximum Gasteiger partial charge on any atom is 0.161 e. The molecule has 0 aliphatic rings. The Hall–Kier alpha value is -3.78. The van der Waals surface area contributed by atoms with Crippen LogP contribution in [0, 0.1) is 11.8 Å². The van der Waals surface area contributed by atoms with Gasteiger partial charge >= 0.3 is 0 Å². The van der Waals surface area contributed by atoms with E-state index in [1.54, 1.807) is 0 Å². The van der Waals surface area contributed by atoms with Gasteiger partial charge < -0.3 is 23.7 Å². The van der Waals surface area contributed by atoms with Gasteiger partial charge in [0.15, 0.2) is 23.0 Å². The van der Waals surface area contributed by atoms with Crippen LogP contribution in [0.25, 0.3) is 32.3 Å². The quantitative estimate of drug-likeness (QED) is 0.0272. The largest absolute Gasteiger partial charge is 0.492 e. The fraction of sp³-hybridized carbons (Fsp3) is 0.636. The third kappa shape index (κ3) is 15.9. The second kappa shape index (κ2) is 29.5. The monoisotopic (exact) mass is 823 g/mol. The Bertz CT molecular complexity index is 1820. The Morgan fingerprint density at radius 1 is 0.300 bits per heavy atom. The summed E-state index contributed by atoms with van der Waals surface area (Å²) in [5.41, 5.74) is 0.952. The van der Waals surface area contributed by atoms with E-state index in [0.29, 0.717) is 33.0 Å². The van der Waals surface area contributed by atoms with Crippen molar-refractivity contribution in [3.63, 3.8) is 0 Å². The first-order chi connectivity index (χ1) is 29.6. The van der Waals surface area contributed by atoms with E-state index in [4.69, 9.17) is 23.7 Å². The summed E-state index contributed by atoms with van der Waals surface area (Å²) in [6, 6.07) is 13.5. The molecule has 0 saturated carbocycles. The number of rotatable bonds is 33. The molecule has 60 heavy (non-hydrogen) atoms. The van der Waals surface area contributed by atoms with Gasteiger partial charge in [-0.1, -0.05) is 163 Å². The average Bonchev–Trinajstić information content (AvgIpc) is 3.26. The third-order valence-corrected chi connectivity index (χ3v) is 11.6. The molecule has 0 aliphatic carbocycles. The predicted molar refractivity (Wildman–Crippen MR) is 258 cm³/mol. The van der Waals surface area contributed by atoms with Crippen LogP contribution >= 0.6 is 0 Å². The lowest BCUT2D eigenvalue weighted by Gasteiger charge is -2.20. The van der Waals surface area contributed by atoms with E-state index in [9.17, 15) is 0 Å². The maximum absolute atomic E-state index is 6.67. The molecular formula is C55H82O5. The predicted octanol–water partition coefficient (Wildman–Crippen LogP) is 16.9. The van der Waals surface area contributed by atoms with Gasteiger partial charge in [0, 0.05) is 6.42 Å². The molecule has 0 atom stereocenters. The lowest BCUT2D eigenvalue weighted by Crippen LogP contribution is -2.04. The van der Waals surface area contributed by atoms with Crippen LogP contribution in [-0.4, -0.2) is 33.0 Å². The average molecular weight is 823 g/mol. The van der Waals surface area contributed by atoms with Gasteiger partial charge in [-0.15, -0.1) is 0 Å². The van der Waals surface area contributed by atoms with E-state index in [1.165, 1.54) is 83.5 Å². The summed E-state index contributed by atoms with van der Waals surface area (Å²) in [7, 11) is 0. The SMILES string of the molecule is CCCCCC#Cc1cc2c(cc1OCCCCCC)c1cc(OCCCCCC)c(OCCCCCC)cc1c1cc(OCCCCCC)c(OCCCCCC)cc21. The summed E-state index contributed by atoms with van der Waals surface area (Å²) in [4.78, 5) is 0. The highest BCUT2D eigenvalue weighted by Gasteiger charge is 2.20. The Balaban J connectivity index is 1.98. The second-order valence-electron chi connectivity index (χ2n) is 16.9. The van der Waals surface area contributed by atoms with Gasteiger partial charge in [-0.3, -0.25) is 0 Å². The summed E-state index contributed by atoms with van der Waals surface area (Å²) in [6.45, 7) is 16.9. The molecule has 5 nitrogen and oxygen atoms in total. The molecule has 0 amide bonds. The van der Waals surface area contributed by atoms with Crippen LogP contribution in [0.2, 0.25) is 0 Å². The van der Waals surface area contributed by atoms with Crippen molar-refractivity contribution >= 4 is 32.3 Å². The lowest BCUT2D eigenvalue weighted by molar-refractivity contribution is 0.259. The van der Waals surface area contributed by atoms with Gasteiger partial charge in [-0.2, -0.15) is 0 Å². The number of hydrogen-bond donors (Lipinski definition) is 0. The van der Waals surface area contributed by atoms with Gasteiger partial charge in [0.2, 0.25) is 0 Å². The minimum absolute atomic E-state index is 0.668. The number of hydrogen-bond acceptors (Lipinski definition) is 5. The van der Waals surface area contributed by atoms with Crippen LogP contribution < -0.4 is 23.7 Å². The summed E-state index contributed by atoms with van der Waals surface area (Å²) >= 11 is 0. The van der Waals surface area contributed by atoms with E-state index < -0.39 is 0 Å². The summed E-state index contributed by atoms with van der Waals surface area (Å²) in [5, 5.41) is 6.77. The Kier molecular flexibility index (Phi) is 24.0. The fourth-order valence-electron chi connectivity index (χ4n) is 7.88. The molecule has 0 N–H and O–H groups in total. The van der Waals surface area contributed by atoms with Gasteiger partial charge in [0.25, 0.3) is 0 Å². The summed E-state index contributed by atoms with van der Waals surface area (Å²) in [5.74, 6) is 11.2. The second-order valence-corrected chi connectivity index (χ2v) is 16.9. The van der Waals surface area contributed by atoms with E-state index in [0.717, 1.165) is 137 Å². The minimum Gasteiger partial charge on any atom is -0.492 e. The molecule has 0 bridgehead atoms. The topological polar surface area (TPSA) is 46.2 Å². The molecule has 4 rings (SSSR count). The van der Waals surface area contributed by atoms with E-state index in [1.807, 2.05) is 0 Å². The van der Waals surface area contributed by atoms with Crippen LogP contribution in [0.3, 0.4) is 0 Å². The normalized spacial score (nSPS) is 11.3. The van der Waals surface area contributed by atoms with Crippen LogP contribution in [0.1, 0.15) is 201 Å². The van der Waals surface area contributed by atoms with E-state index in [2.05, 4.69) is 89.8 Å². The zero-order chi connectivity index (χ0) is 42.6. The first-order valence-electron chi connectivity index (χ1n) is 24.8. The molecule has 0 spiro atoms. The molecule has 0 aliphatic heterocycles. The highest BCUT2D eigenvalue weighted by molar-refractivity contribution is 6.26. The molecule has 0 fully saturated rings. The molecule has 332 valence electrons. The highest BCUT2D eigenvalue weighted by Crippen LogP contribution is 2.46. The van der Waals surface area contributed by atoms with Crippen LogP contribution in [0.5, 0.6) is 28.7 Å². The van der Waals surface area contributed by atoms with Crippen molar-refractivity contribution in [1.29, 1.82) is 0 Å². The summed E-state index contributed by atoms with van der Waals surface area (Å²) in [6.07, 6.45) is 27.4. The van der Waals surface area contributed by atoms with Crippen molar-refractivity contribution in [2.45, 2.75) is 196 Å². The van der Waals surface area contributed by atoms with Gasteiger partial charge in [0.05, 0.1) is 38.6 Å². The molecule has 5 heteroatoms. The zero-order valence-electron chi connectivity index (χ0n) is 39.0. The van der Waals surface area contributed by atoms with Crippen LogP contribution in [0.15, 0.2) is 36.4 Å². The third-order valence-electron chi connectivity index (χ3n) is 11.6. The van der Waals surface area contributed by atoms with Crippen molar-refractivity contribution in [3.8, 4) is 40.6 Å². The number of ether oxygens (including phenoxy) is 5. The smallest absolute Gasteiger partial charge is 0.161 e. The minimum atomic E-state index is 0.668. The van der Waals surface area contributed by atoms with E-state index >= 15 is 0 Å². The Morgan fingerprint density at radius 3 is 0.883 bits per heavy atom. The molecular weight excluding hydrogens is 741 g/mol. The van der Waals surface area contributed by atoms with Crippen molar-refractivity contribution in [3.05, 3.63) is 42.0 Å². The van der Waals surface area contributed by atoms with Crippen molar-refractivity contribution in [2.24, 2.45) is 0 Å². The summed E-state index contributed by atoms with van der Waals surface area (Å²) < 4.78 is 33.3. The molecule has 0 aromatic heterocycles. The van der Waals surface area contributed by atoms with Gasteiger partial charge in [-0.05, 0) is 107 Å². The van der Waals surface area contributed by atoms with Crippen molar-refractivity contribution in [1.82, 2.24) is 0 Å². The van der Waals surface area contributed by atoms with Gasteiger partial charge in [0.1, 0.15) is 5.75 Å². The fourth-order valence-corrected chi connectivity index (χ4v) is 7.88. The molecule has 0 saturated heterocycles.